The summed E-state index contributed by atoms with van der Waals surface area (Å²) in [5.74, 6) is -0.236. The molecule has 1 rings (SSSR count). The van der Waals surface area contributed by atoms with Crippen LogP contribution in [0.15, 0.2) is 0 Å². The van der Waals surface area contributed by atoms with Crippen molar-refractivity contribution in [3.63, 3.8) is 0 Å². The van der Waals surface area contributed by atoms with Gasteiger partial charge in [-0.3, -0.25) is 9.69 Å². The van der Waals surface area contributed by atoms with Crippen LogP contribution in [0.5, 0.6) is 0 Å². The van der Waals surface area contributed by atoms with Crippen LogP contribution in [-0.4, -0.2) is 40.6 Å². The van der Waals surface area contributed by atoms with E-state index in [0.29, 0.717) is 6.04 Å². The van der Waals surface area contributed by atoms with E-state index in [2.05, 4.69) is 4.90 Å². The van der Waals surface area contributed by atoms with Gasteiger partial charge in [0.1, 0.15) is 0 Å². The van der Waals surface area contributed by atoms with Crippen molar-refractivity contribution in [1.82, 2.24) is 4.90 Å². The van der Waals surface area contributed by atoms with Crippen molar-refractivity contribution in [1.29, 1.82) is 0 Å². The fourth-order valence-electron chi connectivity index (χ4n) is 2.68. The summed E-state index contributed by atoms with van der Waals surface area (Å²) in [6.07, 6.45) is 4.56. The highest BCUT2D eigenvalue weighted by atomic mass is 16.3. The Kier molecular flexibility index (Phi) is 5.22. The molecule has 3 unspecified atom stereocenters. The van der Waals surface area contributed by atoms with E-state index in [1.165, 1.54) is 6.42 Å². The third kappa shape index (κ3) is 3.46. The molecule has 1 amide bonds. The van der Waals surface area contributed by atoms with Gasteiger partial charge in [0.15, 0.2) is 0 Å². The Morgan fingerprint density at radius 3 is 2.75 bits per heavy atom. The molecule has 4 nitrogen and oxygen atoms in total. The molecule has 0 aromatic rings. The van der Waals surface area contributed by atoms with Crippen LogP contribution in [0.4, 0.5) is 0 Å². The fraction of sp³-hybridized carbons (Fsp3) is 0.917. The van der Waals surface area contributed by atoms with Crippen molar-refractivity contribution in [2.24, 2.45) is 5.73 Å². The number of aliphatic hydroxyl groups is 1. The number of likely N-dealkylation sites (tertiary alicyclic amines) is 1. The summed E-state index contributed by atoms with van der Waals surface area (Å²) in [5, 5.41) is 9.47. The number of aliphatic hydroxyl groups excluding tert-OH is 1. The maximum Gasteiger partial charge on any atom is 0.234 e. The molecular formula is C12H24N2O2. The molecule has 1 saturated heterocycles. The largest absolute Gasteiger partial charge is 0.393 e. The highest BCUT2D eigenvalue weighted by Gasteiger charge is 2.31. The second-order valence-corrected chi connectivity index (χ2v) is 4.80. The van der Waals surface area contributed by atoms with Crippen molar-refractivity contribution in [2.45, 2.75) is 64.1 Å². The monoisotopic (exact) mass is 228 g/mol. The Bertz CT molecular complexity index is 231. The molecule has 0 aromatic carbocycles. The fourth-order valence-corrected chi connectivity index (χ4v) is 2.68. The van der Waals surface area contributed by atoms with Gasteiger partial charge < -0.3 is 10.8 Å². The third-order valence-corrected chi connectivity index (χ3v) is 3.40. The molecule has 0 saturated carbocycles. The molecule has 0 aromatic heterocycles. The summed E-state index contributed by atoms with van der Waals surface area (Å²) in [5.41, 5.74) is 5.43. The number of nitrogens with two attached hydrogens (primary N) is 1. The van der Waals surface area contributed by atoms with E-state index in [4.69, 9.17) is 5.73 Å². The number of nitrogens with zero attached hydrogens (tertiary/aromatic N) is 1. The van der Waals surface area contributed by atoms with Crippen molar-refractivity contribution in [3.8, 4) is 0 Å². The molecule has 94 valence electrons. The molecule has 3 N–H and O–H groups in total. The lowest BCUT2D eigenvalue weighted by atomic mass is 9.94. The maximum absolute atomic E-state index is 11.4. The zero-order valence-corrected chi connectivity index (χ0v) is 10.4. The molecular weight excluding hydrogens is 204 g/mol. The molecule has 3 atom stereocenters. The van der Waals surface area contributed by atoms with Crippen LogP contribution in [0.25, 0.3) is 0 Å². The number of hydrogen-bond acceptors (Lipinski definition) is 3. The average Bonchev–Trinajstić information content (AvgIpc) is 2.20. The van der Waals surface area contributed by atoms with E-state index < -0.39 is 0 Å². The predicted molar refractivity (Wildman–Crippen MR) is 63.9 cm³/mol. The number of carbonyl (C=O) groups is 1. The van der Waals surface area contributed by atoms with Crippen LogP contribution in [0.3, 0.4) is 0 Å². The lowest BCUT2D eigenvalue weighted by Crippen LogP contribution is -2.52. The molecule has 0 radical (unpaired) electrons. The molecule has 0 spiro atoms. The van der Waals surface area contributed by atoms with Gasteiger partial charge in [-0.15, -0.1) is 0 Å². The molecule has 0 aliphatic carbocycles. The first-order chi connectivity index (χ1) is 7.56. The van der Waals surface area contributed by atoms with Gasteiger partial charge >= 0.3 is 0 Å². The Hall–Kier alpha value is -0.610. The molecule has 0 bridgehead atoms. The molecule has 1 aliphatic rings. The van der Waals surface area contributed by atoms with E-state index in [0.717, 1.165) is 32.2 Å². The Morgan fingerprint density at radius 2 is 2.25 bits per heavy atom. The van der Waals surface area contributed by atoms with Crippen LogP contribution >= 0.6 is 0 Å². The van der Waals surface area contributed by atoms with Crippen LogP contribution in [-0.2, 0) is 4.79 Å². The highest BCUT2D eigenvalue weighted by molar-refractivity contribution is 5.79. The first-order valence-electron chi connectivity index (χ1n) is 6.29. The SMILES string of the molecule is CCC(C(N)=O)N1CCCCC1CC(C)O. The quantitative estimate of drug-likeness (QED) is 0.734. The lowest BCUT2D eigenvalue weighted by Gasteiger charge is -2.40. The number of primary amides is 1. The van der Waals surface area contributed by atoms with E-state index in [-0.39, 0.29) is 18.1 Å². The highest BCUT2D eigenvalue weighted by Crippen LogP contribution is 2.24. The Morgan fingerprint density at radius 1 is 1.56 bits per heavy atom. The van der Waals surface area contributed by atoms with Gasteiger partial charge in [-0.05, 0) is 39.2 Å². The lowest BCUT2D eigenvalue weighted by molar-refractivity contribution is -0.125. The molecule has 1 aliphatic heterocycles. The van der Waals surface area contributed by atoms with Gasteiger partial charge in [-0.25, -0.2) is 0 Å². The summed E-state index contributed by atoms with van der Waals surface area (Å²) < 4.78 is 0. The standard InChI is InChI=1S/C12H24N2O2/c1-3-11(12(13)16)14-7-5-4-6-10(14)8-9(2)15/h9-11,15H,3-8H2,1-2H3,(H2,13,16). The minimum absolute atomic E-state index is 0.163. The van der Waals surface area contributed by atoms with Crippen LogP contribution in [0, 0.1) is 0 Å². The second kappa shape index (κ2) is 6.21. The van der Waals surface area contributed by atoms with Gasteiger partial charge in [0.2, 0.25) is 5.91 Å². The number of hydrogen-bond donors (Lipinski definition) is 2. The topological polar surface area (TPSA) is 66.6 Å². The number of carbonyl (C=O) groups excluding carboxylic acids is 1. The third-order valence-electron chi connectivity index (χ3n) is 3.40. The van der Waals surface area contributed by atoms with Crippen LogP contribution in [0.1, 0.15) is 46.0 Å². The zero-order chi connectivity index (χ0) is 12.1. The van der Waals surface area contributed by atoms with Crippen molar-refractivity contribution in [3.05, 3.63) is 0 Å². The van der Waals surface area contributed by atoms with Gasteiger partial charge in [-0.2, -0.15) is 0 Å². The van der Waals surface area contributed by atoms with E-state index in [1.807, 2.05) is 6.92 Å². The van der Waals surface area contributed by atoms with Gasteiger partial charge in [0.05, 0.1) is 12.1 Å². The zero-order valence-electron chi connectivity index (χ0n) is 10.4. The van der Waals surface area contributed by atoms with Gasteiger partial charge in [0.25, 0.3) is 0 Å². The summed E-state index contributed by atoms with van der Waals surface area (Å²) in [6, 6.07) is 0.148. The first kappa shape index (κ1) is 13.5. The number of amides is 1. The second-order valence-electron chi connectivity index (χ2n) is 4.80. The summed E-state index contributed by atoms with van der Waals surface area (Å²) >= 11 is 0. The predicted octanol–water partition coefficient (Wildman–Crippen LogP) is 0.876. The van der Waals surface area contributed by atoms with Crippen molar-refractivity contribution < 1.29 is 9.90 Å². The smallest absolute Gasteiger partial charge is 0.234 e. The maximum atomic E-state index is 11.4. The Labute approximate surface area is 97.8 Å². The van der Waals surface area contributed by atoms with Gasteiger partial charge in [-0.1, -0.05) is 13.3 Å². The number of rotatable bonds is 5. The van der Waals surface area contributed by atoms with E-state index in [9.17, 15) is 9.90 Å². The van der Waals surface area contributed by atoms with E-state index in [1.54, 1.807) is 6.92 Å². The average molecular weight is 228 g/mol. The summed E-state index contributed by atoms with van der Waals surface area (Å²) in [7, 11) is 0. The molecule has 1 heterocycles. The van der Waals surface area contributed by atoms with E-state index >= 15 is 0 Å². The minimum atomic E-state index is -0.309. The number of piperidine rings is 1. The minimum Gasteiger partial charge on any atom is -0.393 e. The molecule has 16 heavy (non-hydrogen) atoms. The van der Waals surface area contributed by atoms with Crippen molar-refractivity contribution >= 4 is 5.91 Å². The van der Waals surface area contributed by atoms with Crippen LogP contribution < -0.4 is 5.73 Å². The first-order valence-corrected chi connectivity index (χ1v) is 6.29. The van der Waals surface area contributed by atoms with Gasteiger partial charge in [0, 0.05) is 6.04 Å². The normalized spacial score (nSPS) is 26.3. The van der Waals surface area contributed by atoms with Crippen LogP contribution in [0.2, 0.25) is 0 Å². The molecule has 4 heteroatoms. The summed E-state index contributed by atoms with van der Waals surface area (Å²) in [4.78, 5) is 13.6. The molecule has 1 fully saturated rings. The summed E-state index contributed by atoms with van der Waals surface area (Å²) in [6.45, 7) is 4.72. The van der Waals surface area contributed by atoms with Crippen molar-refractivity contribution in [2.75, 3.05) is 6.54 Å². The Balaban J connectivity index is 2.68.